The molecule has 9 heteroatoms. The predicted octanol–water partition coefficient (Wildman–Crippen LogP) is 0.259. The van der Waals surface area contributed by atoms with Gasteiger partial charge in [0.1, 0.15) is 17.1 Å². The molecule has 0 spiro atoms. The molecule has 8 nitrogen and oxygen atoms in total. The monoisotopic (exact) mass is 394 g/mol. The highest BCUT2D eigenvalue weighted by Gasteiger charge is 2.20. The molecule has 2 rings (SSSR count). The molecule has 1 heterocycles. The van der Waals surface area contributed by atoms with Crippen LogP contribution in [0.2, 0.25) is 0 Å². The zero-order chi connectivity index (χ0) is 20.1. The number of aryl methyl sites for hydroxylation is 1. The standard InChI is InChI=1S/C18H21NO7S/c1-9-11(7-15(20)19-12(8-27-4)17(21)22)18(23)26-14-6-10(24-2)5-13(25-3)16(9)14/h5-6,12H,7-8H2,1-4H3,(H,19,20)(H,21,22)/p-1/t12-/m0/s1. The third kappa shape index (κ3) is 4.54. The van der Waals surface area contributed by atoms with Crippen molar-refractivity contribution in [3.05, 3.63) is 33.7 Å². The highest BCUT2D eigenvalue weighted by atomic mass is 32.2. The normalized spacial score (nSPS) is 11.9. The summed E-state index contributed by atoms with van der Waals surface area (Å²) in [6, 6.07) is 2.06. The van der Waals surface area contributed by atoms with Gasteiger partial charge in [0.25, 0.3) is 0 Å². The van der Waals surface area contributed by atoms with Gasteiger partial charge in [0.2, 0.25) is 5.91 Å². The fraction of sp³-hybridized carbons (Fsp3) is 0.389. The van der Waals surface area contributed by atoms with Gasteiger partial charge in [-0.05, 0) is 18.7 Å². The van der Waals surface area contributed by atoms with E-state index >= 15 is 0 Å². The van der Waals surface area contributed by atoms with Crippen molar-refractivity contribution in [3.8, 4) is 11.5 Å². The molecule has 0 bridgehead atoms. The molecule has 27 heavy (non-hydrogen) atoms. The number of carbonyl (C=O) groups excluding carboxylic acids is 2. The molecule has 0 saturated heterocycles. The number of amides is 1. The van der Waals surface area contributed by atoms with Gasteiger partial charge in [-0.3, -0.25) is 4.79 Å². The summed E-state index contributed by atoms with van der Waals surface area (Å²) in [6.45, 7) is 1.68. The first-order chi connectivity index (χ1) is 12.8. The number of carboxylic acids is 1. The number of carboxylic acid groups (broad SMARTS) is 1. The molecule has 0 fully saturated rings. The quantitative estimate of drug-likeness (QED) is 0.634. The van der Waals surface area contributed by atoms with Crippen molar-refractivity contribution < 1.29 is 28.6 Å². The van der Waals surface area contributed by atoms with E-state index in [0.717, 1.165) is 0 Å². The second-order valence-corrected chi connectivity index (χ2v) is 6.68. The number of rotatable bonds is 8. The van der Waals surface area contributed by atoms with Gasteiger partial charge in [-0.15, -0.1) is 0 Å². The maximum Gasteiger partial charge on any atom is 0.340 e. The maximum absolute atomic E-state index is 12.4. The number of methoxy groups -OCH3 is 2. The molecule has 0 saturated carbocycles. The van der Waals surface area contributed by atoms with E-state index < -0.39 is 23.5 Å². The summed E-state index contributed by atoms with van der Waals surface area (Å²) >= 11 is 1.26. The van der Waals surface area contributed by atoms with E-state index in [1.54, 1.807) is 25.3 Å². The highest BCUT2D eigenvalue weighted by molar-refractivity contribution is 7.98. The average molecular weight is 394 g/mol. The first-order valence-corrected chi connectivity index (χ1v) is 9.39. The van der Waals surface area contributed by atoms with Crippen LogP contribution in [0, 0.1) is 6.92 Å². The molecule has 0 aliphatic carbocycles. The second-order valence-electron chi connectivity index (χ2n) is 5.77. The van der Waals surface area contributed by atoms with Crippen LogP contribution in [0.5, 0.6) is 11.5 Å². The Labute approximate surface area is 159 Å². The molecule has 0 radical (unpaired) electrons. The Bertz CT molecular complexity index is 922. The van der Waals surface area contributed by atoms with Gasteiger partial charge in [-0.2, -0.15) is 11.8 Å². The van der Waals surface area contributed by atoms with E-state index in [0.29, 0.717) is 22.4 Å². The first-order valence-electron chi connectivity index (χ1n) is 7.99. The van der Waals surface area contributed by atoms with Gasteiger partial charge in [0, 0.05) is 17.9 Å². The molecule has 1 aromatic heterocycles. The number of hydrogen-bond acceptors (Lipinski definition) is 8. The Kier molecular flexibility index (Phi) is 6.73. The van der Waals surface area contributed by atoms with Crippen LogP contribution in [0.25, 0.3) is 11.0 Å². The minimum absolute atomic E-state index is 0.129. The molecular formula is C18H20NO7S-. The average Bonchev–Trinajstić information content (AvgIpc) is 2.63. The summed E-state index contributed by atoms with van der Waals surface area (Å²) in [5.41, 5.74) is 0.240. The van der Waals surface area contributed by atoms with Crippen LogP contribution in [-0.4, -0.2) is 44.1 Å². The van der Waals surface area contributed by atoms with Crippen LogP contribution in [0.4, 0.5) is 0 Å². The summed E-state index contributed by atoms with van der Waals surface area (Å²) in [5, 5.41) is 14.0. The van der Waals surface area contributed by atoms with E-state index in [4.69, 9.17) is 13.9 Å². The molecule has 0 aliphatic rings. The minimum Gasteiger partial charge on any atom is -0.548 e. The molecule has 1 atom stereocenters. The van der Waals surface area contributed by atoms with E-state index in [-0.39, 0.29) is 23.3 Å². The van der Waals surface area contributed by atoms with Crippen LogP contribution >= 0.6 is 11.8 Å². The smallest absolute Gasteiger partial charge is 0.340 e. The number of ether oxygens (including phenoxy) is 2. The van der Waals surface area contributed by atoms with Gasteiger partial charge >= 0.3 is 5.63 Å². The lowest BCUT2D eigenvalue weighted by atomic mass is 10.0. The third-order valence-electron chi connectivity index (χ3n) is 4.06. The molecule has 0 unspecified atom stereocenters. The SMILES string of the molecule is COc1cc(OC)c2c(C)c(CC(=O)N[C@@H](CSC)C(=O)[O-])c(=O)oc2c1. The van der Waals surface area contributed by atoms with Gasteiger partial charge in [-0.1, -0.05) is 0 Å². The Morgan fingerprint density at radius 2 is 2.00 bits per heavy atom. The van der Waals surface area contributed by atoms with Crippen molar-refractivity contribution in [1.82, 2.24) is 5.32 Å². The molecule has 1 amide bonds. The lowest BCUT2D eigenvalue weighted by Gasteiger charge is -2.19. The van der Waals surface area contributed by atoms with Crippen molar-refractivity contribution in [2.75, 3.05) is 26.2 Å². The van der Waals surface area contributed by atoms with Gasteiger partial charge in [0.15, 0.2) is 0 Å². The lowest BCUT2D eigenvalue weighted by Crippen LogP contribution is -2.50. The van der Waals surface area contributed by atoms with Crippen LogP contribution in [0.1, 0.15) is 11.1 Å². The molecule has 1 aromatic carbocycles. The number of carbonyl (C=O) groups is 2. The van der Waals surface area contributed by atoms with Crippen molar-refractivity contribution >= 4 is 34.6 Å². The van der Waals surface area contributed by atoms with Crippen LogP contribution in [0.3, 0.4) is 0 Å². The number of aliphatic carboxylic acids is 1. The topological polar surface area (TPSA) is 118 Å². The van der Waals surface area contributed by atoms with Gasteiger partial charge in [0.05, 0.1) is 43.6 Å². The number of benzene rings is 1. The lowest BCUT2D eigenvalue weighted by molar-refractivity contribution is -0.307. The zero-order valence-corrected chi connectivity index (χ0v) is 16.2. The Morgan fingerprint density at radius 1 is 1.30 bits per heavy atom. The summed E-state index contributed by atoms with van der Waals surface area (Å²) in [7, 11) is 2.95. The zero-order valence-electron chi connectivity index (χ0n) is 15.4. The molecule has 2 aromatic rings. The number of nitrogens with one attached hydrogen (secondary N) is 1. The summed E-state index contributed by atoms with van der Waals surface area (Å²) < 4.78 is 15.8. The summed E-state index contributed by atoms with van der Waals surface area (Å²) in [5.74, 6) is -0.940. The maximum atomic E-state index is 12.4. The molecule has 0 aliphatic heterocycles. The Morgan fingerprint density at radius 3 is 2.56 bits per heavy atom. The van der Waals surface area contributed by atoms with Gasteiger partial charge < -0.3 is 29.1 Å². The fourth-order valence-corrected chi connectivity index (χ4v) is 3.26. The largest absolute Gasteiger partial charge is 0.548 e. The van der Waals surface area contributed by atoms with E-state index in [1.807, 2.05) is 0 Å². The van der Waals surface area contributed by atoms with E-state index in [2.05, 4.69) is 5.32 Å². The van der Waals surface area contributed by atoms with Crippen molar-refractivity contribution in [1.29, 1.82) is 0 Å². The fourth-order valence-electron chi connectivity index (χ4n) is 2.71. The molecule has 1 N–H and O–H groups in total. The van der Waals surface area contributed by atoms with Crippen LogP contribution < -0.4 is 25.5 Å². The van der Waals surface area contributed by atoms with Crippen molar-refractivity contribution in [3.63, 3.8) is 0 Å². The van der Waals surface area contributed by atoms with Crippen molar-refractivity contribution in [2.45, 2.75) is 19.4 Å². The van der Waals surface area contributed by atoms with Gasteiger partial charge in [-0.25, -0.2) is 4.79 Å². The van der Waals surface area contributed by atoms with Crippen LogP contribution in [-0.2, 0) is 16.0 Å². The minimum atomic E-state index is -1.38. The highest BCUT2D eigenvalue weighted by Crippen LogP contribution is 2.33. The number of hydrogen-bond donors (Lipinski definition) is 1. The Hall–Kier alpha value is -2.68. The predicted molar refractivity (Wildman–Crippen MR) is 99.3 cm³/mol. The summed E-state index contributed by atoms with van der Waals surface area (Å²) in [4.78, 5) is 35.7. The van der Waals surface area contributed by atoms with E-state index in [1.165, 1.54) is 26.0 Å². The third-order valence-corrected chi connectivity index (χ3v) is 4.73. The summed E-state index contributed by atoms with van der Waals surface area (Å²) in [6.07, 6.45) is 1.39. The van der Waals surface area contributed by atoms with Crippen LogP contribution in [0.15, 0.2) is 21.3 Å². The first kappa shape index (κ1) is 20.6. The molecule has 146 valence electrons. The number of fused-ring (bicyclic) bond motifs is 1. The number of thioether (sulfide) groups is 1. The van der Waals surface area contributed by atoms with E-state index in [9.17, 15) is 19.5 Å². The second kappa shape index (κ2) is 8.81. The Balaban J connectivity index is 2.43. The molecular weight excluding hydrogens is 374 g/mol. The van der Waals surface area contributed by atoms with Crippen molar-refractivity contribution in [2.24, 2.45) is 0 Å².